The molecule has 0 spiro atoms. The molecule has 0 bridgehead atoms. The molecule has 5 heteroatoms. The van der Waals surface area contributed by atoms with Crippen LogP contribution < -0.4 is 5.32 Å². The first-order valence-corrected chi connectivity index (χ1v) is 7.98. The zero-order valence-electron chi connectivity index (χ0n) is 12.9. The third kappa shape index (κ3) is 3.64. The van der Waals surface area contributed by atoms with Crippen molar-refractivity contribution in [2.24, 2.45) is 11.8 Å². The van der Waals surface area contributed by atoms with Crippen molar-refractivity contribution >= 4 is 5.91 Å². The maximum absolute atomic E-state index is 12.4. The highest BCUT2D eigenvalue weighted by molar-refractivity contribution is 5.92. The highest BCUT2D eigenvalue weighted by Crippen LogP contribution is 2.32. The van der Waals surface area contributed by atoms with Crippen LogP contribution in [0.15, 0.2) is 4.42 Å². The van der Waals surface area contributed by atoms with E-state index in [-0.39, 0.29) is 11.9 Å². The van der Waals surface area contributed by atoms with Crippen molar-refractivity contribution in [2.75, 3.05) is 13.2 Å². The van der Waals surface area contributed by atoms with Crippen LogP contribution in [0.2, 0.25) is 0 Å². The molecule has 1 aromatic rings. The minimum absolute atomic E-state index is 0.137. The Kier molecular flexibility index (Phi) is 4.29. The summed E-state index contributed by atoms with van der Waals surface area (Å²) in [5.41, 5.74) is 0.697. The summed E-state index contributed by atoms with van der Waals surface area (Å²) in [6, 6.07) is 0.137. The van der Waals surface area contributed by atoms with Crippen molar-refractivity contribution in [1.82, 2.24) is 10.3 Å². The van der Waals surface area contributed by atoms with Gasteiger partial charge in [0.15, 0.2) is 5.89 Å². The van der Waals surface area contributed by atoms with Gasteiger partial charge in [-0.15, -0.1) is 0 Å². The first-order chi connectivity index (χ1) is 10.1. The molecule has 1 atom stereocenters. The van der Waals surface area contributed by atoms with Crippen LogP contribution in [0.3, 0.4) is 0 Å². The number of hydrogen-bond acceptors (Lipinski definition) is 4. The number of nitrogens with zero attached hydrogens (tertiary/aromatic N) is 1. The molecule has 1 N–H and O–H groups in total. The smallest absolute Gasteiger partial charge is 0.289 e. The summed E-state index contributed by atoms with van der Waals surface area (Å²) in [6.07, 6.45) is 5.38. The lowest BCUT2D eigenvalue weighted by Crippen LogP contribution is -2.40. The summed E-state index contributed by atoms with van der Waals surface area (Å²) in [5.74, 6) is 2.14. The summed E-state index contributed by atoms with van der Waals surface area (Å²) >= 11 is 0. The second kappa shape index (κ2) is 6.18. The largest absolute Gasteiger partial charge is 0.435 e. The summed E-state index contributed by atoms with van der Waals surface area (Å²) in [7, 11) is 0. The lowest BCUT2D eigenvalue weighted by Gasteiger charge is -2.28. The van der Waals surface area contributed by atoms with Crippen molar-refractivity contribution in [3.05, 3.63) is 17.3 Å². The Labute approximate surface area is 125 Å². The maximum Gasteiger partial charge on any atom is 0.289 e. The molecule has 1 amide bonds. The molecule has 1 saturated heterocycles. The fourth-order valence-corrected chi connectivity index (χ4v) is 2.93. The fraction of sp³-hybridized carbons (Fsp3) is 0.750. The van der Waals surface area contributed by atoms with Crippen molar-refractivity contribution in [1.29, 1.82) is 0 Å². The van der Waals surface area contributed by atoms with E-state index in [0.717, 1.165) is 32.5 Å². The first kappa shape index (κ1) is 14.6. The normalized spacial score (nSPS) is 21.2. The zero-order chi connectivity index (χ0) is 14.8. The van der Waals surface area contributed by atoms with Gasteiger partial charge in [0.25, 0.3) is 5.91 Å². The number of carbonyl (C=O) groups is 1. The molecule has 5 nitrogen and oxygen atoms in total. The third-order valence-electron chi connectivity index (χ3n) is 4.54. The number of oxazole rings is 1. The van der Waals surface area contributed by atoms with E-state index in [0.29, 0.717) is 29.2 Å². The van der Waals surface area contributed by atoms with Crippen molar-refractivity contribution < 1.29 is 13.9 Å². The van der Waals surface area contributed by atoms with Crippen LogP contribution >= 0.6 is 0 Å². The van der Waals surface area contributed by atoms with Gasteiger partial charge >= 0.3 is 0 Å². The summed E-state index contributed by atoms with van der Waals surface area (Å²) in [5, 5.41) is 3.06. The number of amides is 1. The van der Waals surface area contributed by atoms with Crippen molar-refractivity contribution in [3.63, 3.8) is 0 Å². The standard InChI is InChI=1S/C16H24N2O3/c1-10(13-5-7-20-8-6-13)18-16(19)15-11(2)17-14(21-15)9-12-3-4-12/h10,12-13H,3-9H2,1-2H3,(H,18,19)/t10-/m1/s1. The third-order valence-corrected chi connectivity index (χ3v) is 4.54. The Morgan fingerprint density at radius 3 is 2.71 bits per heavy atom. The number of aromatic nitrogens is 1. The number of hydrogen-bond donors (Lipinski definition) is 1. The monoisotopic (exact) mass is 292 g/mol. The van der Waals surface area contributed by atoms with Gasteiger partial charge in [0.05, 0.1) is 5.69 Å². The molecule has 116 valence electrons. The van der Waals surface area contributed by atoms with Crippen LogP contribution in [0, 0.1) is 18.8 Å². The minimum Gasteiger partial charge on any atom is -0.435 e. The van der Waals surface area contributed by atoms with E-state index < -0.39 is 0 Å². The van der Waals surface area contributed by atoms with E-state index >= 15 is 0 Å². The molecule has 2 aliphatic rings. The topological polar surface area (TPSA) is 64.4 Å². The van der Waals surface area contributed by atoms with E-state index in [1.165, 1.54) is 12.8 Å². The first-order valence-electron chi connectivity index (χ1n) is 7.98. The summed E-state index contributed by atoms with van der Waals surface area (Å²) in [6.45, 7) is 5.48. The highest BCUT2D eigenvalue weighted by Gasteiger charge is 2.27. The predicted molar refractivity (Wildman–Crippen MR) is 78.1 cm³/mol. The maximum atomic E-state index is 12.4. The Morgan fingerprint density at radius 1 is 1.33 bits per heavy atom. The van der Waals surface area contributed by atoms with Crippen LogP contribution in [0.1, 0.15) is 54.7 Å². The Morgan fingerprint density at radius 2 is 2.05 bits per heavy atom. The molecular formula is C16H24N2O3. The van der Waals surface area contributed by atoms with Gasteiger partial charge in [0, 0.05) is 25.7 Å². The van der Waals surface area contributed by atoms with Crippen LogP contribution in [0.5, 0.6) is 0 Å². The van der Waals surface area contributed by atoms with Crippen molar-refractivity contribution in [2.45, 2.75) is 52.0 Å². The average molecular weight is 292 g/mol. The molecule has 1 saturated carbocycles. The number of carbonyl (C=O) groups excluding carboxylic acids is 1. The number of ether oxygens (including phenoxy) is 1. The number of nitrogens with one attached hydrogen (secondary N) is 1. The zero-order valence-corrected chi connectivity index (χ0v) is 12.9. The van der Waals surface area contributed by atoms with Crippen molar-refractivity contribution in [3.8, 4) is 0 Å². The van der Waals surface area contributed by atoms with E-state index in [1.807, 2.05) is 6.92 Å². The fourth-order valence-electron chi connectivity index (χ4n) is 2.93. The Hall–Kier alpha value is -1.36. The quantitative estimate of drug-likeness (QED) is 0.905. The Bertz CT molecular complexity index is 502. The second-order valence-corrected chi connectivity index (χ2v) is 6.38. The van der Waals surface area contributed by atoms with Crippen LogP contribution in [-0.4, -0.2) is 30.1 Å². The molecule has 3 rings (SSSR count). The van der Waals surface area contributed by atoms with Gasteiger partial charge in [-0.05, 0) is 51.4 Å². The van der Waals surface area contributed by atoms with Crippen LogP contribution in [0.25, 0.3) is 0 Å². The summed E-state index contributed by atoms with van der Waals surface area (Å²) < 4.78 is 11.0. The highest BCUT2D eigenvalue weighted by atomic mass is 16.5. The molecule has 2 heterocycles. The minimum atomic E-state index is -0.138. The molecule has 1 aliphatic carbocycles. The SMILES string of the molecule is Cc1nc(CC2CC2)oc1C(=O)N[C@H](C)C1CCOCC1. The molecule has 2 fully saturated rings. The molecule has 1 aromatic heterocycles. The van der Waals surface area contributed by atoms with Crippen LogP contribution in [0.4, 0.5) is 0 Å². The van der Waals surface area contributed by atoms with Gasteiger partial charge in [0.1, 0.15) is 0 Å². The number of aryl methyl sites for hydroxylation is 1. The molecule has 0 radical (unpaired) electrons. The van der Waals surface area contributed by atoms with Crippen LogP contribution in [-0.2, 0) is 11.2 Å². The lowest BCUT2D eigenvalue weighted by atomic mass is 9.93. The number of rotatable bonds is 5. The lowest BCUT2D eigenvalue weighted by molar-refractivity contribution is 0.0533. The molecule has 0 aromatic carbocycles. The van der Waals surface area contributed by atoms with Gasteiger partial charge in [-0.3, -0.25) is 4.79 Å². The summed E-state index contributed by atoms with van der Waals surface area (Å²) in [4.78, 5) is 16.7. The molecule has 0 unspecified atom stereocenters. The van der Waals surface area contributed by atoms with E-state index in [2.05, 4.69) is 17.2 Å². The predicted octanol–water partition coefficient (Wildman–Crippen LogP) is 2.48. The van der Waals surface area contributed by atoms with E-state index in [4.69, 9.17) is 9.15 Å². The molecular weight excluding hydrogens is 268 g/mol. The van der Waals surface area contributed by atoms with Gasteiger partial charge < -0.3 is 14.5 Å². The molecule has 21 heavy (non-hydrogen) atoms. The Balaban J connectivity index is 1.59. The van der Waals surface area contributed by atoms with E-state index in [1.54, 1.807) is 0 Å². The van der Waals surface area contributed by atoms with Gasteiger partial charge in [0.2, 0.25) is 5.76 Å². The van der Waals surface area contributed by atoms with Gasteiger partial charge in [-0.1, -0.05) is 0 Å². The average Bonchev–Trinajstić information content (AvgIpc) is 3.21. The van der Waals surface area contributed by atoms with Gasteiger partial charge in [-0.2, -0.15) is 0 Å². The van der Waals surface area contributed by atoms with E-state index in [9.17, 15) is 4.79 Å². The molecule has 1 aliphatic heterocycles. The second-order valence-electron chi connectivity index (χ2n) is 6.38. The van der Waals surface area contributed by atoms with Gasteiger partial charge in [-0.25, -0.2) is 4.98 Å².